The van der Waals surface area contributed by atoms with Gasteiger partial charge in [0.1, 0.15) is 10.6 Å². The van der Waals surface area contributed by atoms with E-state index in [0.717, 1.165) is 20.8 Å². The zero-order valence-electron chi connectivity index (χ0n) is 8.90. The lowest BCUT2D eigenvalue weighted by atomic mass is 10.2. The van der Waals surface area contributed by atoms with Gasteiger partial charge in [0.2, 0.25) is 0 Å². The average molecular weight is 360 g/mol. The number of aryl methyl sites for hydroxylation is 1. The minimum absolute atomic E-state index is 0.245. The van der Waals surface area contributed by atoms with Gasteiger partial charge in [-0.2, -0.15) is 4.37 Å². The van der Waals surface area contributed by atoms with Crippen molar-refractivity contribution in [3.05, 3.63) is 39.1 Å². The van der Waals surface area contributed by atoms with Crippen molar-refractivity contribution in [3.63, 3.8) is 0 Å². The largest absolute Gasteiger partial charge is 0.478 e. The molecule has 1 heterocycles. The van der Waals surface area contributed by atoms with Crippen LogP contribution >= 0.6 is 34.1 Å². The van der Waals surface area contributed by atoms with Gasteiger partial charge >= 0.3 is 5.97 Å². The van der Waals surface area contributed by atoms with Crippen LogP contribution in [0.3, 0.4) is 0 Å². The number of para-hydroxylation sites is 1. The van der Waals surface area contributed by atoms with Gasteiger partial charge in [-0.05, 0) is 53.2 Å². The number of aromatic nitrogens is 1. The van der Waals surface area contributed by atoms with Crippen LogP contribution < -0.4 is 5.32 Å². The summed E-state index contributed by atoms with van der Waals surface area (Å²) >= 11 is 3.36. The van der Waals surface area contributed by atoms with E-state index in [4.69, 9.17) is 5.11 Å². The number of anilines is 2. The Hall–Kier alpha value is -1.15. The number of rotatable bonds is 3. The topological polar surface area (TPSA) is 62.2 Å². The van der Waals surface area contributed by atoms with Crippen LogP contribution in [0.1, 0.15) is 16.1 Å². The molecule has 0 aliphatic carbocycles. The molecule has 0 bridgehead atoms. The number of carbonyl (C=O) groups is 1. The first-order chi connectivity index (χ1) is 8.09. The number of hydrogen-bond donors (Lipinski definition) is 2. The second kappa shape index (κ2) is 5.01. The molecule has 0 unspecified atom stereocenters. The van der Waals surface area contributed by atoms with Crippen LogP contribution in [-0.2, 0) is 0 Å². The van der Waals surface area contributed by atoms with Crippen LogP contribution in [0.2, 0.25) is 0 Å². The molecule has 0 saturated heterocycles. The van der Waals surface area contributed by atoms with E-state index >= 15 is 0 Å². The van der Waals surface area contributed by atoms with Crippen molar-refractivity contribution >= 4 is 50.8 Å². The zero-order chi connectivity index (χ0) is 12.4. The summed E-state index contributed by atoms with van der Waals surface area (Å²) in [5.41, 5.74) is 1.67. The normalized spacial score (nSPS) is 10.2. The van der Waals surface area contributed by atoms with Crippen LogP contribution in [0.5, 0.6) is 0 Å². The highest BCUT2D eigenvalue weighted by atomic mass is 127. The number of hydrogen-bond acceptors (Lipinski definition) is 4. The van der Waals surface area contributed by atoms with E-state index in [-0.39, 0.29) is 5.56 Å². The summed E-state index contributed by atoms with van der Waals surface area (Å²) in [5, 5.41) is 12.8. The third-order valence-corrected chi connectivity index (χ3v) is 3.99. The Bertz CT molecular complexity index is 568. The van der Waals surface area contributed by atoms with E-state index in [9.17, 15) is 4.79 Å². The quantitative estimate of drug-likeness (QED) is 0.823. The van der Waals surface area contributed by atoms with Crippen LogP contribution in [-0.4, -0.2) is 15.4 Å². The van der Waals surface area contributed by atoms with Gasteiger partial charge < -0.3 is 10.4 Å². The molecule has 4 nitrogen and oxygen atoms in total. The number of carboxylic acids is 1. The highest BCUT2D eigenvalue weighted by Gasteiger charge is 2.17. The molecule has 1 aromatic carbocycles. The predicted octanol–water partition coefficient (Wildman–Crippen LogP) is 3.50. The lowest BCUT2D eigenvalue weighted by Gasteiger charge is -2.06. The van der Waals surface area contributed by atoms with Gasteiger partial charge in [0.05, 0.1) is 11.4 Å². The van der Waals surface area contributed by atoms with Gasteiger partial charge in [-0.1, -0.05) is 12.1 Å². The number of halogens is 1. The Labute approximate surface area is 116 Å². The van der Waals surface area contributed by atoms with Crippen LogP contribution in [0, 0.1) is 10.5 Å². The summed E-state index contributed by atoms with van der Waals surface area (Å²) < 4.78 is 5.09. The summed E-state index contributed by atoms with van der Waals surface area (Å²) in [4.78, 5) is 11.1. The number of benzene rings is 1. The molecule has 0 saturated carbocycles. The maximum Gasteiger partial charge on any atom is 0.340 e. The highest BCUT2D eigenvalue weighted by molar-refractivity contribution is 14.1. The molecule has 0 atom stereocenters. The number of nitrogens with one attached hydrogen (secondary N) is 1. The molecule has 1 aromatic heterocycles. The van der Waals surface area contributed by atoms with Crippen molar-refractivity contribution in [2.45, 2.75) is 6.92 Å². The molecule has 0 radical (unpaired) electrons. The van der Waals surface area contributed by atoms with E-state index in [1.54, 1.807) is 6.92 Å². The smallest absolute Gasteiger partial charge is 0.340 e. The highest BCUT2D eigenvalue weighted by Crippen LogP contribution is 2.29. The first-order valence-corrected chi connectivity index (χ1v) is 6.66. The van der Waals surface area contributed by atoms with Crippen molar-refractivity contribution in [1.82, 2.24) is 4.37 Å². The second-order valence-corrected chi connectivity index (χ2v) is 5.32. The van der Waals surface area contributed by atoms with Crippen molar-refractivity contribution in [2.75, 3.05) is 5.32 Å². The fourth-order valence-corrected chi connectivity index (χ4v) is 2.72. The third-order valence-electron chi connectivity index (χ3n) is 2.20. The molecule has 6 heteroatoms. The SMILES string of the molecule is Cc1nsc(Nc2ccccc2I)c1C(=O)O. The molecular formula is C11H9IN2O2S. The van der Waals surface area contributed by atoms with Crippen molar-refractivity contribution < 1.29 is 9.90 Å². The minimum atomic E-state index is -0.954. The summed E-state index contributed by atoms with van der Waals surface area (Å²) in [5.74, 6) is -0.954. The molecule has 0 aliphatic rings. The minimum Gasteiger partial charge on any atom is -0.478 e. The molecule has 17 heavy (non-hydrogen) atoms. The number of nitrogens with zero attached hydrogens (tertiary/aromatic N) is 1. The maximum absolute atomic E-state index is 11.1. The first-order valence-electron chi connectivity index (χ1n) is 4.80. The molecular weight excluding hydrogens is 351 g/mol. The monoisotopic (exact) mass is 360 g/mol. The Kier molecular flexibility index (Phi) is 3.63. The Balaban J connectivity index is 2.37. The number of carboxylic acid groups (broad SMARTS) is 1. The lowest BCUT2D eigenvalue weighted by molar-refractivity contribution is 0.0697. The fourth-order valence-electron chi connectivity index (χ4n) is 1.39. The van der Waals surface area contributed by atoms with Crippen LogP contribution in [0.4, 0.5) is 10.7 Å². The molecule has 0 fully saturated rings. The van der Waals surface area contributed by atoms with Gasteiger partial charge in [0.15, 0.2) is 0 Å². The van der Waals surface area contributed by atoms with Crippen molar-refractivity contribution in [2.24, 2.45) is 0 Å². The molecule has 0 aliphatic heterocycles. The molecule has 2 N–H and O–H groups in total. The van der Waals surface area contributed by atoms with Crippen LogP contribution in [0.15, 0.2) is 24.3 Å². The first kappa shape index (κ1) is 12.3. The van der Waals surface area contributed by atoms with E-state index in [2.05, 4.69) is 32.3 Å². The average Bonchev–Trinajstić information content (AvgIpc) is 2.63. The standard InChI is InChI=1S/C11H9IN2O2S/c1-6-9(11(15)16)10(17-14-6)13-8-5-3-2-4-7(8)12/h2-5,13H,1H3,(H,15,16). The maximum atomic E-state index is 11.1. The summed E-state index contributed by atoms with van der Waals surface area (Å²) in [6.45, 7) is 1.70. The van der Waals surface area contributed by atoms with Gasteiger partial charge in [0.25, 0.3) is 0 Å². The Morgan fingerprint density at radius 1 is 1.47 bits per heavy atom. The fraction of sp³-hybridized carbons (Fsp3) is 0.0909. The molecule has 0 spiro atoms. The van der Waals surface area contributed by atoms with Gasteiger partial charge in [-0.15, -0.1) is 0 Å². The molecule has 2 aromatic rings. The van der Waals surface area contributed by atoms with E-state index in [1.165, 1.54) is 0 Å². The van der Waals surface area contributed by atoms with Crippen molar-refractivity contribution in [1.29, 1.82) is 0 Å². The number of aromatic carboxylic acids is 1. The van der Waals surface area contributed by atoms with Gasteiger partial charge in [-0.3, -0.25) is 0 Å². The van der Waals surface area contributed by atoms with E-state index in [1.807, 2.05) is 24.3 Å². The third kappa shape index (κ3) is 2.58. The molecule has 88 valence electrons. The summed E-state index contributed by atoms with van der Waals surface area (Å²) in [7, 11) is 0. The van der Waals surface area contributed by atoms with E-state index < -0.39 is 5.97 Å². The predicted molar refractivity (Wildman–Crippen MR) is 76.3 cm³/mol. The van der Waals surface area contributed by atoms with E-state index in [0.29, 0.717) is 10.7 Å². The lowest BCUT2D eigenvalue weighted by Crippen LogP contribution is -2.01. The summed E-state index contributed by atoms with van der Waals surface area (Å²) in [6, 6.07) is 7.70. The molecule has 2 rings (SSSR count). The van der Waals surface area contributed by atoms with Gasteiger partial charge in [0, 0.05) is 3.57 Å². The molecule has 0 amide bonds. The van der Waals surface area contributed by atoms with Crippen LogP contribution in [0.25, 0.3) is 0 Å². The summed E-state index contributed by atoms with van der Waals surface area (Å²) in [6.07, 6.45) is 0. The second-order valence-electron chi connectivity index (χ2n) is 3.38. The van der Waals surface area contributed by atoms with Crippen molar-refractivity contribution in [3.8, 4) is 0 Å². The van der Waals surface area contributed by atoms with Gasteiger partial charge in [-0.25, -0.2) is 4.79 Å². The zero-order valence-corrected chi connectivity index (χ0v) is 11.9. The Morgan fingerprint density at radius 3 is 2.82 bits per heavy atom. The Morgan fingerprint density at radius 2 is 2.18 bits per heavy atom.